The summed E-state index contributed by atoms with van der Waals surface area (Å²) in [5, 5.41) is 25.7. The highest BCUT2D eigenvalue weighted by Gasteiger charge is 2.21. The van der Waals surface area contributed by atoms with Crippen molar-refractivity contribution in [3.8, 4) is 0 Å². The number of aromatic nitrogens is 2. The lowest BCUT2D eigenvalue weighted by Gasteiger charge is -2.16. The summed E-state index contributed by atoms with van der Waals surface area (Å²) in [5.41, 5.74) is -0.154. The first-order valence-electron chi connectivity index (χ1n) is 6.48. The van der Waals surface area contributed by atoms with Crippen molar-refractivity contribution in [1.82, 2.24) is 15.1 Å². The van der Waals surface area contributed by atoms with Gasteiger partial charge in [0.25, 0.3) is 0 Å². The third-order valence-electron chi connectivity index (χ3n) is 2.74. The molecular weight excluding hydrogens is 280 g/mol. The van der Waals surface area contributed by atoms with Crippen molar-refractivity contribution in [3.05, 3.63) is 22.5 Å². The van der Waals surface area contributed by atoms with E-state index in [2.05, 4.69) is 10.4 Å². The molecule has 9 nitrogen and oxygen atoms in total. The van der Waals surface area contributed by atoms with Gasteiger partial charge in [0.05, 0.1) is 4.92 Å². The lowest BCUT2D eigenvalue weighted by atomic mass is 10.0. The van der Waals surface area contributed by atoms with Crippen molar-refractivity contribution < 1.29 is 19.6 Å². The van der Waals surface area contributed by atoms with E-state index in [1.165, 1.54) is 10.9 Å². The van der Waals surface area contributed by atoms with Gasteiger partial charge in [-0.2, -0.15) is 5.10 Å². The Labute approximate surface area is 121 Å². The van der Waals surface area contributed by atoms with Crippen molar-refractivity contribution in [2.24, 2.45) is 5.92 Å². The van der Waals surface area contributed by atoms with Gasteiger partial charge in [0, 0.05) is 13.0 Å². The van der Waals surface area contributed by atoms with E-state index in [0.717, 1.165) is 6.20 Å². The Morgan fingerprint density at radius 1 is 1.52 bits per heavy atom. The van der Waals surface area contributed by atoms with Crippen LogP contribution in [0.5, 0.6) is 0 Å². The summed E-state index contributed by atoms with van der Waals surface area (Å²) in [6.07, 6.45) is 2.65. The number of rotatable bonds is 8. The average molecular weight is 298 g/mol. The maximum absolute atomic E-state index is 11.7. The minimum atomic E-state index is -1.08. The van der Waals surface area contributed by atoms with E-state index in [1.54, 1.807) is 0 Å². The van der Waals surface area contributed by atoms with E-state index in [9.17, 15) is 19.7 Å². The van der Waals surface area contributed by atoms with Gasteiger partial charge in [0.1, 0.15) is 18.4 Å². The van der Waals surface area contributed by atoms with Crippen molar-refractivity contribution in [3.63, 3.8) is 0 Å². The molecule has 1 aromatic rings. The summed E-state index contributed by atoms with van der Waals surface area (Å²) in [7, 11) is 0. The molecule has 0 bridgehead atoms. The lowest BCUT2D eigenvalue weighted by molar-refractivity contribution is -0.385. The molecule has 0 aromatic carbocycles. The zero-order valence-corrected chi connectivity index (χ0v) is 11.9. The van der Waals surface area contributed by atoms with E-state index < -0.39 is 22.8 Å². The third kappa shape index (κ3) is 5.59. The molecule has 0 unspecified atom stereocenters. The van der Waals surface area contributed by atoms with Crippen LogP contribution in [0.2, 0.25) is 0 Å². The highest BCUT2D eigenvalue weighted by Crippen LogP contribution is 2.08. The summed E-state index contributed by atoms with van der Waals surface area (Å²) in [6, 6.07) is -0.926. The molecule has 9 heteroatoms. The number of carbonyl (C=O) groups is 2. The molecule has 116 valence electrons. The van der Waals surface area contributed by atoms with E-state index in [0.29, 0.717) is 6.42 Å². The van der Waals surface area contributed by atoms with Crippen LogP contribution in [0.15, 0.2) is 12.4 Å². The van der Waals surface area contributed by atoms with E-state index in [-0.39, 0.29) is 24.6 Å². The summed E-state index contributed by atoms with van der Waals surface area (Å²) >= 11 is 0. The fourth-order valence-electron chi connectivity index (χ4n) is 1.74. The quantitative estimate of drug-likeness (QED) is 0.539. The number of carboxylic acid groups (broad SMARTS) is 1. The molecule has 0 fully saturated rings. The molecular formula is C12H18N4O5. The molecule has 1 atom stereocenters. The fraction of sp³-hybridized carbons (Fsp3) is 0.583. The highest BCUT2D eigenvalue weighted by atomic mass is 16.6. The van der Waals surface area contributed by atoms with Crippen molar-refractivity contribution in [2.75, 3.05) is 0 Å². The number of carbonyl (C=O) groups excluding carboxylic acids is 1. The molecule has 1 rings (SSSR count). The van der Waals surface area contributed by atoms with E-state index >= 15 is 0 Å². The smallest absolute Gasteiger partial charge is 0.326 e. The molecule has 2 N–H and O–H groups in total. The van der Waals surface area contributed by atoms with Crippen LogP contribution >= 0.6 is 0 Å². The summed E-state index contributed by atoms with van der Waals surface area (Å²) in [4.78, 5) is 32.6. The third-order valence-corrected chi connectivity index (χ3v) is 2.74. The minimum absolute atomic E-state index is 0.000704. The fourth-order valence-corrected chi connectivity index (χ4v) is 1.74. The second-order valence-electron chi connectivity index (χ2n) is 5.06. The minimum Gasteiger partial charge on any atom is -0.480 e. The number of amides is 1. The first kappa shape index (κ1) is 16.6. The monoisotopic (exact) mass is 298 g/mol. The predicted octanol–water partition coefficient (Wildman–Crippen LogP) is 0.797. The molecule has 0 aliphatic heterocycles. The van der Waals surface area contributed by atoms with Crippen LogP contribution in [0.4, 0.5) is 5.69 Å². The van der Waals surface area contributed by atoms with Gasteiger partial charge in [0.15, 0.2) is 0 Å². The normalized spacial score (nSPS) is 12.1. The van der Waals surface area contributed by atoms with Crippen LogP contribution in [-0.4, -0.2) is 37.7 Å². The second kappa shape index (κ2) is 7.36. The van der Waals surface area contributed by atoms with Crippen LogP contribution in [0.25, 0.3) is 0 Å². The topological polar surface area (TPSA) is 127 Å². The lowest BCUT2D eigenvalue weighted by Crippen LogP contribution is -2.41. The molecule has 0 saturated heterocycles. The molecule has 1 amide bonds. The van der Waals surface area contributed by atoms with Crippen LogP contribution in [0, 0.1) is 16.0 Å². The number of aliphatic carboxylic acids is 1. The molecule has 0 radical (unpaired) electrons. The standard InChI is InChI=1S/C12H18N4O5/c1-8(2)5-10(12(18)19)14-11(17)3-4-15-7-9(6-13-15)16(20)21/h6-8,10H,3-5H2,1-2H3,(H,14,17)(H,18,19)/t10-/m1/s1. The summed E-state index contributed by atoms with van der Waals surface area (Å²) in [5.74, 6) is -1.37. The maximum Gasteiger partial charge on any atom is 0.326 e. The SMILES string of the molecule is CC(C)C[C@@H](NC(=O)CCn1cc([N+](=O)[O-])cn1)C(=O)O. The van der Waals surface area contributed by atoms with Gasteiger partial charge in [-0.25, -0.2) is 4.79 Å². The Bertz CT molecular complexity index is 525. The molecule has 0 aliphatic carbocycles. The van der Waals surface area contributed by atoms with Gasteiger partial charge >= 0.3 is 11.7 Å². The first-order valence-corrected chi connectivity index (χ1v) is 6.48. The highest BCUT2D eigenvalue weighted by molar-refractivity contribution is 5.83. The first-order chi connectivity index (χ1) is 9.79. The van der Waals surface area contributed by atoms with Gasteiger partial charge in [-0.3, -0.25) is 19.6 Å². The average Bonchev–Trinajstić information content (AvgIpc) is 2.83. The Balaban J connectivity index is 2.48. The maximum atomic E-state index is 11.7. The molecule has 0 saturated carbocycles. The number of nitrogens with zero attached hydrogens (tertiary/aromatic N) is 3. The van der Waals surface area contributed by atoms with Crippen molar-refractivity contribution in [2.45, 2.75) is 39.3 Å². The molecule has 21 heavy (non-hydrogen) atoms. The molecule has 0 spiro atoms. The number of nitro groups is 1. The zero-order valence-electron chi connectivity index (χ0n) is 11.9. The van der Waals surface area contributed by atoms with Gasteiger partial charge in [-0.05, 0) is 12.3 Å². The Morgan fingerprint density at radius 3 is 2.67 bits per heavy atom. The zero-order chi connectivity index (χ0) is 16.0. The molecule has 1 aromatic heterocycles. The van der Waals surface area contributed by atoms with Gasteiger partial charge in [-0.15, -0.1) is 0 Å². The Morgan fingerprint density at radius 2 is 2.19 bits per heavy atom. The summed E-state index contributed by atoms with van der Waals surface area (Å²) < 4.78 is 1.27. The molecule has 0 aliphatic rings. The Hall–Kier alpha value is -2.45. The van der Waals surface area contributed by atoms with Crippen LogP contribution < -0.4 is 5.32 Å². The summed E-state index contributed by atoms with van der Waals surface area (Å²) in [6.45, 7) is 3.88. The second-order valence-corrected chi connectivity index (χ2v) is 5.06. The van der Waals surface area contributed by atoms with Crippen LogP contribution in [0.3, 0.4) is 0 Å². The van der Waals surface area contributed by atoms with Gasteiger partial charge in [-0.1, -0.05) is 13.8 Å². The predicted molar refractivity (Wildman–Crippen MR) is 72.5 cm³/mol. The van der Waals surface area contributed by atoms with E-state index in [1.807, 2.05) is 13.8 Å². The Kier molecular flexibility index (Phi) is 5.82. The number of nitrogens with one attached hydrogen (secondary N) is 1. The van der Waals surface area contributed by atoms with Crippen molar-refractivity contribution >= 4 is 17.6 Å². The van der Waals surface area contributed by atoms with Crippen LogP contribution in [-0.2, 0) is 16.1 Å². The van der Waals surface area contributed by atoms with Gasteiger partial charge in [0.2, 0.25) is 5.91 Å². The number of aryl methyl sites for hydroxylation is 1. The van der Waals surface area contributed by atoms with Crippen LogP contribution in [0.1, 0.15) is 26.7 Å². The van der Waals surface area contributed by atoms with E-state index in [4.69, 9.17) is 5.11 Å². The number of hydrogen-bond acceptors (Lipinski definition) is 5. The number of hydrogen-bond donors (Lipinski definition) is 2. The largest absolute Gasteiger partial charge is 0.480 e. The molecule has 1 heterocycles. The van der Waals surface area contributed by atoms with Gasteiger partial charge < -0.3 is 10.4 Å². The van der Waals surface area contributed by atoms with Crippen molar-refractivity contribution in [1.29, 1.82) is 0 Å². The number of carboxylic acids is 1.